The lowest BCUT2D eigenvalue weighted by atomic mass is 9.94. The molecule has 0 fully saturated rings. The molecule has 0 saturated carbocycles. The van der Waals surface area contributed by atoms with Gasteiger partial charge in [0.05, 0.1) is 78.5 Å². The van der Waals surface area contributed by atoms with E-state index in [2.05, 4.69) is 0 Å². The molecule has 0 radical (unpaired) electrons. The van der Waals surface area contributed by atoms with Crippen LogP contribution >= 0.6 is 0 Å². The zero-order valence-corrected chi connectivity index (χ0v) is 37.6. The van der Waals surface area contributed by atoms with Gasteiger partial charge in [0.1, 0.15) is 0 Å². The van der Waals surface area contributed by atoms with Crippen molar-refractivity contribution < 1.29 is 79.0 Å². The highest BCUT2D eigenvalue weighted by atomic mass is 19.4. The van der Waals surface area contributed by atoms with Crippen molar-refractivity contribution in [1.29, 1.82) is 5.26 Å². The Balaban J connectivity index is 1.31. The largest absolute Gasteiger partial charge is 0.417 e. The smallest absolute Gasteiger partial charge is 0.307 e. The lowest BCUT2D eigenvalue weighted by Gasteiger charge is -2.21. The van der Waals surface area contributed by atoms with Crippen molar-refractivity contribution in [1.82, 2.24) is 9.13 Å². The predicted molar refractivity (Wildman–Crippen MR) is 246 cm³/mol. The molecule has 10 rings (SSSR count). The molecule has 0 bridgehead atoms. The SMILES string of the molecule is N#Cc1cc(-n2c3ccccc3c3cc(-c4ccc(C(F)(F)F)cc4C(F)(F)F)ccc32)c(-n2c3ccccc3c3cc(-c4ccc(C(F)(F)F)cc4C(F)(F)F)ccc32)cc1-c1cc(C(F)(F)F)cc(C(F)(F)F)c1. The van der Waals surface area contributed by atoms with E-state index in [0.29, 0.717) is 41.8 Å². The zero-order valence-electron chi connectivity index (χ0n) is 37.6. The van der Waals surface area contributed by atoms with Crippen LogP contribution in [0, 0.1) is 11.3 Å². The molecule has 0 amide bonds. The normalized spacial score (nSPS) is 13.1. The Morgan fingerprint density at radius 1 is 0.303 bits per heavy atom. The van der Waals surface area contributed by atoms with E-state index >= 15 is 0 Å². The molecular weight excluding hydrogens is 1040 g/mol. The summed E-state index contributed by atoms with van der Waals surface area (Å²) in [5.74, 6) is 0. The van der Waals surface area contributed by atoms with Crippen molar-refractivity contribution in [2.45, 2.75) is 37.1 Å². The number of nitriles is 1. The quantitative estimate of drug-likeness (QED) is 0.158. The van der Waals surface area contributed by atoms with Gasteiger partial charge in [-0.05, 0) is 119 Å². The summed E-state index contributed by atoms with van der Waals surface area (Å²) in [4.78, 5) is 0. The maximum atomic E-state index is 14.5. The Kier molecular flexibility index (Phi) is 11.6. The number of halogens is 18. The fourth-order valence-corrected chi connectivity index (χ4v) is 9.59. The molecule has 386 valence electrons. The van der Waals surface area contributed by atoms with Gasteiger partial charge >= 0.3 is 37.1 Å². The number of hydrogen-bond donors (Lipinski definition) is 0. The molecule has 76 heavy (non-hydrogen) atoms. The molecular formula is C55H25F18N3. The molecule has 0 saturated heterocycles. The molecule has 3 nitrogen and oxygen atoms in total. The van der Waals surface area contributed by atoms with Crippen LogP contribution in [0.5, 0.6) is 0 Å². The van der Waals surface area contributed by atoms with Crippen LogP contribution in [0.1, 0.15) is 38.9 Å². The minimum atomic E-state index is -5.35. The van der Waals surface area contributed by atoms with Gasteiger partial charge in [0, 0.05) is 27.1 Å². The summed E-state index contributed by atoms with van der Waals surface area (Å²) in [6, 6.07) is 26.6. The molecule has 0 spiro atoms. The molecule has 0 aliphatic rings. The second-order valence-electron chi connectivity index (χ2n) is 17.5. The Morgan fingerprint density at radius 3 is 1.07 bits per heavy atom. The van der Waals surface area contributed by atoms with Gasteiger partial charge in [-0.25, -0.2) is 0 Å². The standard InChI is InChI=1S/C55H25F18N3/c56-50(57,58)31-11-13-35(42(23-31)54(68,69)70)27-9-15-46-40(19-27)37-5-1-3-7-44(37)75(46)48-21-30(26-74)39(29-17-33(52(62,63)64)22-34(18-29)53(65,66)67)25-49(48)76-45-8-4-2-6-38(45)41-20-28(10-16-47(41)76)36-14-12-32(51(59,60)61)24-43(36)55(71,72)73/h1-25H. The van der Waals surface area contributed by atoms with Gasteiger partial charge in [0.2, 0.25) is 0 Å². The van der Waals surface area contributed by atoms with E-state index in [-0.39, 0.29) is 78.9 Å². The Morgan fingerprint density at radius 2 is 0.684 bits per heavy atom. The Hall–Kier alpha value is -8.41. The second-order valence-corrected chi connectivity index (χ2v) is 17.5. The molecule has 2 aromatic heterocycles. The molecule has 2 heterocycles. The van der Waals surface area contributed by atoms with Gasteiger partial charge in [0.15, 0.2) is 0 Å². The van der Waals surface area contributed by atoms with E-state index in [1.165, 1.54) is 81.9 Å². The summed E-state index contributed by atoms with van der Waals surface area (Å²) in [5, 5.41) is 11.6. The van der Waals surface area contributed by atoms with E-state index in [1.807, 2.05) is 6.07 Å². The van der Waals surface area contributed by atoms with Crippen LogP contribution in [-0.2, 0) is 37.1 Å². The fourth-order valence-electron chi connectivity index (χ4n) is 9.59. The summed E-state index contributed by atoms with van der Waals surface area (Å²) in [6.45, 7) is 0. The number of benzene rings is 8. The van der Waals surface area contributed by atoms with E-state index < -0.39 is 98.3 Å². The summed E-state index contributed by atoms with van der Waals surface area (Å²) < 4.78 is 259. The molecule has 21 heteroatoms. The molecule has 0 unspecified atom stereocenters. The number of alkyl halides is 18. The summed E-state index contributed by atoms with van der Waals surface area (Å²) in [5.41, 5.74) is -12.8. The van der Waals surface area contributed by atoms with Crippen LogP contribution < -0.4 is 0 Å². The molecule has 0 aliphatic heterocycles. The minimum absolute atomic E-state index is 0.0322. The van der Waals surface area contributed by atoms with E-state index in [0.717, 1.165) is 18.2 Å². The van der Waals surface area contributed by atoms with Crippen LogP contribution in [0.2, 0.25) is 0 Å². The number of aromatic nitrogens is 2. The fraction of sp³-hybridized carbons (Fsp3) is 0.109. The minimum Gasteiger partial charge on any atom is -0.307 e. The summed E-state index contributed by atoms with van der Waals surface area (Å²) in [7, 11) is 0. The monoisotopic (exact) mass is 1070 g/mol. The van der Waals surface area contributed by atoms with E-state index in [9.17, 15) is 84.3 Å². The molecule has 0 atom stereocenters. The van der Waals surface area contributed by atoms with Gasteiger partial charge in [-0.15, -0.1) is 0 Å². The lowest BCUT2D eigenvalue weighted by Crippen LogP contribution is -2.12. The van der Waals surface area contributed by atoms with Crippen molar-refractivity contribution in [2.24, 2.45) is 0 Å². The van der Waals surface area contributed by atoms with Gasteiger partial charge in [-0.1, -0.05) is 60.7 Å². The van der Waals surface area contributed by atoms with Crippen molar-refractivity contribution >= 4 is 43.6 Å². The third kappa shape index (κ3) is 8.88. The average molecular weight is 1070 g/mol. The van der Waals surface area contributed by atoms with Gasteiger partial charge in [0.25, 0.3) is 0 Å². The first-order chi connectivity index (χ1) is 35.4. The van der Waals surface area contributed by atoms with Crippen LogP contribution in [0.25, 0.3) is 88.4 Å². The Bertz CT molecular complexity index is 4010. The van der Waals surface area contributed by atoms with Crippen LogP contribution in [0.4, 0.5) is 79.0 Å². The second kappa shape index (κ2) is 17.3. The van der Waals surface area contributed by atoms with E-state index in [1.54, 1.807) is 6.07 Å². The van der Waals surface area contributed by atoms with Crippen LogP contribution in [-0.4, -0.2) is 9.13 Å². The average Bonchev–Trinajstić information content (AvgIpc) is 3.92. The van der Waals surface area contributed by atoms with Crippen molar-refractivity contribution in [3.05, 3.63) is 191 Å². The summed E-state index contributed by atoms with van der Waals surface area (Å²) >= 11 is 0. The Labute approximate surface area is 414 Å². The number of fused-ring (bicyclic) bond motifs is 6. The molecule has 10 aromatic rings. The number of rotatable bonds is 5. The predicted octanol–water partition coefficient (Wildman–Crippen LogP) is 18.9. The number of nitrogens with zero attached hydrogens (tertiary/aromatic N) is 3. The first-order valence-corrected chi connectivity index (χ1v) is 22.0. The van der Waals surface area contributed by atoms with Crippen LogP contribution in [0.3, 0.4) is 0 Å². The highest BCUT2D eigenvalue weighted by Crippen LogP contribution is 2.48. The van der Waals surface area contributed by atoms with E-state index in [4.69, 9.17) is 0 Å². The van der Waals surface area contributed by atoms with Crippen molar-refractivity contribution in [2.75, 3.05) is 0 Å². The third-order valence-electron chi connectivity index (χ3n) is 12.9. The number of para-hydroxylation sites is 2. The first-order valence-electron chi connectivity index (χ1n) is 22.0. The highest BCUT2D eigenvalue weighted by Gasteiger charge is 2.41. The lowest BCUT2D eigenvalue weighted by molar-refractivity contribution is -0.144. The first kappa shape index (κ1) is 51.1. The molecule has 8 aromatic carbocycles. The molecule has 0 N–H and O–H groups in total. The van der Waals surface area contributed by atoms with Gasteiger partial charge < -0.3 is 9.13 Å². The highest BCUT2D eigenvalue weighted by molar-refractivity contribution is 6.13. The maximum Gasteiger partial charge on any atom is 0.417 e. The zero-order chi connectivity index (χ0) is 54.8. The number of hydrogen-bond acceptors (Lipinski definition) is 1. The topological polar surface area (TPSA) is 33.6 Å². The van der Waals surface area contributed by atoms with Crippen LogP contribution in [0.15, 0.2) is 152 Å². The van der Waals surface area contributed by atoms with Crippen molar-refractivity contribution in [3.63, 3.8) is 0 Å². The van der Waals surface area contributed by atoms with Gasteiger partial charge in [-0.3, -0.25) is 0 Å². The third-order valence-corrected chi connectivity index (χ3v) is 12.9. The van der Waals surface area contributed by atoms with Gasteiger partial charge in [-0.2, -0.15) is 84.3 Å². The maximum absolute atomic E-state index is 14.5. The summed E-state index contributed by atoms with van der Waals surface area (Å²) in [6.07, 6.45) is -31.6. The molecule has 0 aliphatic carbocycles. The van der Waals surface area contributed by atoms with Crippen molar-refractivity contribution in [3.8, 4) is 50.8 Å².